The van der Waals surface area contributed by atoms with E-state index in [9.17, 15) is 0 Å². The molecule has 5 heteroatoms. The van der Waals surface area contributed by atoms with E-state index in [4.69, 9.17) is 9.47 Å². The number of hydrogen-bond donors (Lipinski definition) is 2. The number of aromatic nitrogens is 1. The number of pyridine rings is 1. The Bertz CT molecular complexity index is 664. The summed E-state index contributed by atoms with van der Waals surface area (Å²) in [5.74, 6) is 2.35. The molecule has 1 aromatic carbocycles. The molecule has 2 atom stereocenters. The molecule has 2 fully saturated rings. The van der Waals surface area contributed by atoms with Crippen LogP contribution in [0.25, 0.3) is 0 Å². The van der Waals surface area contributed by atoms with Crippen molar-refractivity contribution in [1.29, 1.82) is 0 Å². The minimum absolute atomic E-state index is 0.0109. The lowest BCUT2D eigenvalue weighted by Gasteiger charge is -2.28. The van der Waals surface area contributed by atoms with E-state index in [2.05, 4.69) is 21.7 Å². The fourth-order valence-electron chi connectivity index (χ4n) is 3.32. The molecule has 114 valence electrons. The average molecular weight is 297 g/mol. The molecule has 0 amide bonds. The molecule has 2 aromatic rings. The van der Waals surface area contributed by atoms with E-state index >= 15 is 0 Å². The zero-order valence-electron chi connectivity index (χ0n) is 12.5. The Morgan fingerprint density at radius 1 is 1.14 bits per heavy atom. The second kappa shape index (κ2) is 5.26. The Labute approximate surface area is 129 Å². The number of nitrogens with zero attached hydrogens (tertiary/aromatic N) is 1. The third kappa shape index (κ3) is 2.32. The highest BCUT2D eigenvalue weighted by Gasteiger charge is 2.45. The van der Waals surface area contributed by atoms with Gasteiger partial charge in [0.2, 0.25) is 0 Å². The van der Waals surface area contributed by atoms with Gasteiger partial charge in [0.1, 0.15) is 17.2 Å². The lowest BCUT2D eigenvalue weighted by atomic mass is 9.91. The van der Waals surface area contributed by atoms with E-state index in [0.29, 0.717) is 6.04 Å². The van der Waals surface area contributed by atoms with Gasteiger partial charge in [0.25, 0.3) is 0 Å². The first-order valence-corrected chi connectivity index (χ1v) is 7.53. The lowest BCUT2D eigenvalue weighted by Crippen LogP contribution is -2.47. The molecule has 0 unspecified atom stereocenters. The van der Waals surface area contributed by atoms with Crippen LogP contribution in [0.3, 0.4) is 0 Å². The highest BCUT2D eigenvalue weighted by molar-refractivity contribution is 5.38. The van der Waals surface area contributed by atoms with Crippen LogP contribution in [0, 0.1) is 0 Å². The maximum atomic E-state index is 5.91. The largest absolute Gasteiger partial charge is 0.497 e. The van der Waals surface area contributed by atoms with Gasteiger partial charge in [-0.25, -0.2) is 0 Å². The van der Waals surface area contributed by atoms with E-state index in [1.54, 1.807) is 13.3 Å². The van der Waals surface area contributed by atoms with Gasteiger partial charge in [-0.1, -0.05) is 0 Å². The number of methoxy groups -OCH3 is 1. The summed E-state index contributed by atoms with van der Waals surface area (Å²) in [4.78, 5) is 4.35. The molecule has 2 N–H and O–H groups in total. The van der Waals surface area contributed by atoms with Crippen molar-refractivity contribution in [3.8, 4) is 17.2 Å². The van der Waals surface area contributed by atoms with E-state index in [1.807, 2.05) is 30.5 Å². The summed E-state index contributed by atoms with van der Waals surface area (Å²) in [5.41, 5.74) is 1.20. The van der Waals surface area contributed by atoms with Gasteiger partial charge in [0.05, 0.1) is 18.8 Å². The molecular formula is C17H19N3O2. The first-order chi connectivity index (χ1) is 10.8. The number of ether oxygens (including phenoxy) is 2. The molecule has 22 heavy (non-hydrogen) atoms. The maximum absolute atomic E-state index is 5.91. The molecule has 2 aliphatic heterocycles. The van der Waals surface area contributed by atoms with Gasteiger partial charge in [0, 0.05) is 25.3 Å². The third-order valence-corrected chi connectivity index (χ3v) is 4.54. The zero-order chi connectivity index (χ0) is 15.0. The van der Waals surface area contributed by atoms with Crippen molar-refractivity contribution in [3.63, 3.8) is 0 Å². The van der Waals surface area contributed by atoms with E-state index < -0.39 is 0 Å². The molecule has 2 bridgehead atoms. The second-order valence-corrected chi connectivity index (χ2v) is 5.93. The summed E-state index contributed by atoms with van der Waals surface area (Å²) in [6.07, 6.45) is 4.79. The Hall–Kier alpha value is -2.11. The van der Waals surface area contributed by atoms with Gasteiger partial charge in [-0.15, -0.1) is 0 Å². The Balaban J connectivity index is 1.56. The molecule has 0 aliphatic carbocycles. The van der Waals surface area contributed by atoms with Crippen molar-refractivity contribution in [2.45, 2.75) is 18.0 Å². The summed E-state index contributed by atoms with van der Waals surface area (Å²) in [6, 6.07) is 10.2. The van der Waals surface area contributed by atoms with Gasteiger partial charge in [-0.05, 0) is 42.3 Å². The molecule has 3 heterocycles. The maximum Gasteiger partial charge on any atom is 0.146 e. The first kappa shape index (κ1) is 13.5. The van der Waals surface area contributed by atoms with Gasteiger partial charge in [0.15, 0.2) is 0 Å². The van der Waals surface area contributed by atoms with Crippen LogP contribution in [0.4, 0.5) is 0 Å². The fraction of sp³-hybridized carbons (Fsp3) is 0.353. The lowest BCUT2D eigenvalue weighted by molar-refractivity contribution is 0.388. The average Bonchev–Trinajstić information content (AvgIpc) is 3.18. The van der Waals surface area contributed by atoms with Gasteiger partial charge in [-0.3, -0.25) is 4.98 Å². The number of rotatable bonds is 4. The van der Waals surface area contributed by atoms with Crippen molar-refractivity contribution >= 4 is 0 Å². The second-order valence-electron chi connectivity index (χ2n) is 5.93. The first-order valence-electron chi connectivity index (χ1n) is 7.53. The smallest absolute Gasteiger partial charge is 0.146 e. The van der Waals surface area contributed by atoms with Crippen LogP contribution >= 0.6 is 0 Å². The number of hydrogen-bond acceptors (Lipinski definition) is 5. The predicted molar refractivity (Wildman–Crippen MR) is 83.4 cm³/mol. The Morgan fingerprint density at radius 3 is 2.59 bits per heavy atom. The number of nitrogens with one attached hydrogen (secondary N) is 2. The predicted octanol–water partition coefficient (Wildman–Crippen LogP) is 2.04. The third-order valence-electron chi connectivity index (χ3n) is 4.54. The zero-order valence-corrected chi connectivity index (χ0v) is 12.5. The highest BCUT2D eigenvalue weighted by atomic mass is 16.5. The molecule has 0 spiro atoms. The van der Waals surface area contributed by atoms with E-state index in [1.165, 1.54) is 5.56 Å². The summed E-state index contributed by atoms with van der Waals surface area (Å²) >= 11 is 0. The minimum Gasteiger partial charge on any atom is -0.497 e. The van der Waals surface area contributed by atoms with Crippen LogP contribution in [0.5, 0.6) is 17.2 Å². The van der Waals surface area contributed by atoms with Crippen LogP contribution in [-0.2, 0) is 5.54 Å². The molecular weight excluding hydrogens is 278 g/mol. The van der Waals surface area contributed by atoms with Crippen LogP contribution in [0.1, 0.15) is 12.0 Å². The van der Waals surface area contributed by atoms with E-state index in [0.717, 1.165) is 36.8 Å². The highest BCUT2D eigenvalue weighted by Crippen LogP contribution is 2.36. The summed E-state index contributed by atoms with van der Waals surface area (Å²) < 4.78 is 11.1. The molecule has 0 radical (unpaired) electrons. The van der Waals surface area contributed by atoms with Gasteiger partial charge in [-0.2, -0.15) is 0 Å². The molecule has 2 saturated heterocycles. The van der Waals surface area contributed by atoms with Crippen molar-refractivity contribution in [2.75, 3.05) is 20.2 Å². The van der Waals surface area contributed by atoms with Crippen molar-refractivity contribution < 1.29 is 9.47 Å². The van der Waals surface area contributed by atoms with Gasteiger partial charge >= 0.3 is 0 Å². The van der Waals surface area contributed by atoms with Crippen LogP contribution in [0.15, 0.2) is 42.7 Å². The Morgan fingerprint density at radius 2 is 1.95 bits per heavy atom. The summed E-state index contributed by atoms with van der Waals surface area (Å²) in [6.45, 7) is 1.97. The van der Waals surface area contributed by atoms with Crippen LogP contribution in [-0.4, -0.2) is 31.2 Å². The summed E-state index contributed by atoms with van der Waals surface area (Å²) in [7, 11) is 1.65. The molecule has 1 aromatic heterocycles. The number of fused-ring (bicyclic) bond motifs is 2. The van der Waals surface area contributed by atoms with Gasteiger partial charge < -0.3 is 20.1 Å². The minimum atomic E-state index is 0.0109. The van der Waals surface area contributed by atoms with Crippen molar-refractivity contribution in [1.82, 2.24) is 15.6 Å². The van der Waals surface area contributed by atoms with Crippen molar-refractivity contribution in [2.24, 2.45) is 0 Å². The molecule has 0 saturated carbocycles. The Kier molecular flexibility index (Phi) is 3.24. The van der Waals surface area contributed by atoms with Crippen LogP contribution in [0.2, 0.25) is 0 Å². The fourth-order valence-corrected chi connectivity index (χ4v) is 3.32. The quantitative estimate of drug-likeness (QED) is 0.904. The van der Waals surface area contributed by atoms with E-state index in [-0.39, 0.29) is 5.54 Å². The summed E-state index contributed by atoms with van der Waals surface area (Å²) in [5, 5.41) is 7.15. The number of benzene rings is 1. The standard InChI is InChI=1S/C17H19N3O2/c1-21-14-2-4-15(5-3-14)22-16-6-12(8-18-10-16)17-7-13(9-20-17)19-11-17/h2-6,8,10,13,19-20H,7,9,11H2,1H3/t13-,17+/m0/s1. The molecule has 2 aliphatic rings. The molecule has 5 nitrogen and oxygen atoms in total. The topological polar surface area (TPSA) is 55.4 Å². The monoisotopic (exact) mass is 297 g/mol. The SMILES string of the molecule is COc1ccc(Oc2cncc([C@@]34CN[C@H](CN3)C4)c2)cc1. The molecule has 4 rings (SSSR count). The normalized spacial score (nSPS) is 26.1. The van der Waals surface area contributed by atoms with Crippen LogP contribution < -0.4 is 20.1 Å². The van der Waals surface area contributed by atoms with Crippen molar-refractivity contribution in [3.05, 3.63) is 48.3 Å². The number of piperazine rings is 1.